The molecule has 0 radical (unpaired) electrons. The van der Waals surface area contributed by atoms with Crippen LogP contribution >= 0.6 is 39.3 Å². The number of thioether (sulfide) groups is 1. The van der Waals surface area contributed by atoms with Crippen LogP contribution in [0, 0.1) is 0 Å². The SMILES string of the molecule is CCN1CCN(c2c(Cl)cccc2NC(=O)CSc2nnnn2-c2ccc(Br)cc2)CC1. The number of carbonyl (C=O) groups is 1. The first kappa shape index (κ1) is 23.0. The van der Waals surface area contributed by atoms with E-state index in [2.05, 4.69) is 53.5 Å². The Morgan fingerprint density at radius 1 is 1.16 bits per heavy atom. The highest BCUT2D eigenvalue weighted by molar-refractivity contribution is 9.10. The summed E-state index contributed by atoms with van der Waals surface area (Å²) in [4.78, 5) is 17.4. The fraction of sp³-hybridized carbons (Fsp3) is 0.333. The normalized spacial score (nSPS) is 14.5. The summed E-state index contributed by atoms with van der Waals surface area (Å²) in [5.74, 6) is 0.0306. The predicted molar refractivity (Wildman–Crippen MR) is 132 cm³/mol. The predicted octanol–water partition coefficient (Wildman–Crippen LogP) is 3.95. The first-order valence-electron chi connectivity index (χ1n) is 10.3. The van der Waals surface area contributed by atoms with Gasteiger partial charge in [-0.1, -0.05) is 52.3 Å². The van der Waals surface area contributed by atoms with E-state index in [0.717, 1.165) is 54.3 Å². The number of piperazine rings is 1. The van der Waals surface area contributed by atoms with Crippen molar-refractivity contribution in [1.29, 1.82) is 0 Å². The van der Waals surface area contributed by atoms with Crippen molar-refractivity contribution >= 4 is 56.6 Å². The van der Waals surface area contributed by atoms with Crippen LogP contribution in [0.15, 0.2) is 52.1 Å². The van der Waals surface area contributed by atoms with E-state index in [1.165, 1.54) is 11.8 Å². The van der Waals surface area contributed by atoms with Gasteiger partial charge in [-0.25, -0.2) is 0 Å². The van der Waals surface area contributed by atoms with Crippen molar-refractivity contribution in [3.8, 4) is 5.69 Å². The molecule has 2 aromatic carbocycles. The van der Waals surface area contributed by atoms with Gasteiger partial charge in [0, 0.05) is 30.7 Å². The molecule has 4 rings (SSSR count). The molecule has 8 nitrogen and oxygen atoms in total. The van der Waals surface area contributed by atoms with Crippen molar-refractivity contribution in [2.45, 2.75) is 12.1 Å². The van der Waals surface area contributed by atoms with Gasteiger partial charge in [-0.05, 0) is 53.4 Å². The number of anilines is 2. The highest BCUT2D eigenvalue weighted by Gasteiger charge is 2.21. The lowest BCUT2D eigenvalue weighted by atomic mass is 10.2. The van der Waals surface area contributed by atoms with E-state index >= 15 is 0 Å². The molecule has 1 aliphatic heterocycles. The summed E-state index contributed by atoms with van der Waals surface area (Å²) >= 11 is 11.2. The van der Waals surface area contributed by atoms with E-state index in [4.69, 9.17) is 11.6 Å². The molecule has 0 saturated carbocycles. The van der Waals surface area contributed by atoms with Gasteiger partial charge in [0.05, 0.1) is 27.8 Å². The molecule has 0 atom stereocenters. The minimum absolute atomic E-state index is 0.143. The van der Waals surface area contributed by atoms with Crippen molar-refractivity contribution < 1.29 is 4.79 Å². The average Bonchev–Trinajstić information content (AvgIpc) is 3.27. The van der Waals surface area contributed by atoms with Gasteiger partial charge >= 0.3 is 0 Å². The van der Waals surface area contributed by atoms with Gasteiger partial charge in [-0.3, -0.25) is 4.79 Å². The summed E-state index contributed by atoms with van der Waals surface area (Å²) in [5, 5.41) is 16.0. The third-order valence-electron chi connectivity index (χ3n) is 5.24. The van der Waals surface area contributed by atoms with Crippen LogP contribution in [-0.4, -0.2) is 69.5 Å². The van der Waals surface area contributed by atoms with Crippen molar-refractivity contribution in [3.05, 3.63) is 52.0 Å². The minimum atomic E-state index is -0.143. The molecule has 0 aliphatic carbocycles. The second-order valence-electron chi connectivity index (χ2n) is 7.24. The molecular weight excluding hydrogens is 514 g/mol. The molecular formula is C21H23BrClN7OS. The van der Waals surface area contributed by atoms with Gasteiger partial charge < -0.3 is 15.1 Å². The molecule has 1 N–H and O–H groups in total. The number of carbonyl (C=O) groups excluding carboxylic acids is 1. The van der Waals surface area contributed by atoms with Gasteiger partial charge in [-0.2, -0.15) is 4.68 Å². The quantitative estimate of drug-likeness (QED) is 0.458. The third-order valence-corrected chi connectivity index (χ3v) is 6.99. The Bertz CT molecular complexity index is 1070. The Kier molecular flexibility index (Phi) is 7.67. The summed E-state index contributed by atoms with van der Waals surface area (Å²) in [6.07, 6.45) is 0. The Hall–Kier alpha value is -2.14. The van der Waals surface area contributed by atoms with Crippen molar-refractivity contribution in [2.24, 2.45) is 0 Å². The number of amides is 1. The lowest BCUT2D eigenvalue weighted by Gasteiger charge is -2.36. The van der Waals surface area contributed by atoms with E-state index in [9.17, 15) is 4.79 Å². The number of rotatable bonds is 7. The Morgan fingerprint density at radius 2 is 1.91 bits per heavy atom. The first-order valence-corrected chi connectivity index (χ1v) is 12.4. The molecule has 1 fully saturated rings. The molecule has 2 heterocycles. The number of nitrogens with zero attached hydrogens (tertiary/aromatic N) is 6. The smallest absolute Gasteiger partial charge is 0.234 e. The number of hydrogen-bond acceptors (Lipinski definition) is 7. The molecule has 1 aliphatic rings. The number of nitrogens with one attached hydrogen (secondary N) is 1. The van der Waals surface area contributed by atoms with Crippen LogP contribution in [0.1, 0.15) is 6.92 Å². The zero-order chi connectivity index (χ0) is 22.5. The number of halogens is 2. The average molecular weight is 537 g/mol. The van der Waals surface area contributed by atoms with Crippen molar-refractivity contribution in [1.82, 2.24) is 25.1 Å². The molecule has 1 amide bonds. The fourth-order valence-electron chi connectivity index (χ4n) is 3.55. The van der Waals surface area contributed by atoms with Gasteiger partial charge in [0.1, 0.15) is 0 Å². The molecule has 1 aromatic heterocycles. The van der Waals surface area contributed by atoms with Gasteiger partial charge in [0.15, 0.2) is 0 Å². The number of aromatic nitrogens is 4. The monoisotopic (exact) mass is 535 g/mol. The Labute approximate surface area is 204 Å². The van der Waals surface area contributed by atoms with Gasteiger partial charge in [0.2, 0.25) is 11.1 Å². The minimum Gasteiger partial charge on any atom is -0.366 e. The highest BCUT2D eigenvalue weighted by atomic mass is 79.9. The number of tetrazole rings is 1. The van der Waals surface area contributed by atoms with Crippen LogP contribution in [0.4, 0.5) is 11.4 Å². The van der Waals surface area contributed by atoms with Gasteiger partial charge in [0.25, 0.3) is 0 Å². The second kappa shape index (κ2) is 10.7. The Balaban J connectivity index is 1.42. The van der Waals surface area contributed by atoms with Crippen LogP contribution in [0.25, 0.3) is 5.69 Å². The first-order chi connectivity index (χ1) is 15.5. The van der Waals surface area contributed by atoms with Crippen LogP contribution in [0.3, 0.4) is 0 Å². The topological polar surface area (TPSA) is 79.2 Å². The molecule has 1 saturated heterocycles. The molecule has 168 valence electrons. The maximum atomic E-state index is 12.8. The van der Waals surface area contributed by atoms with E-state index in [1.807, 2.05) is 42.5 Å². The van der Waals surface area contributed by atoms with Crippen LogP contribution in [0.2, 0.25) is 5.02 Å². The molecule has 0 spiro atoms. The molecule has 32 heavy (non-hydrogen) atoms. The summed E-state index contributed by atoms with van der Waals surface area (Å²) in [6.45, 7) is 6.90. The number of benzene rings is 2. The van der Waals surface area contributed by atoms with E-state index in [1.54, 1.807) is 4.68 Å². The zero-order valence-corrected chi connectivity index (χ0v) is 20.7. The largest absolute Gasteiger partial charge is 0.366 e. The summed E-state index contributed by atoms with van der Waals surface area (Å²) in [5.41, 5.74) is 2.42. The number of likely N-dealkylation sites (N-methyl/N-ethyl adjacent to an activating group) is 1. The van der Waals surface area contributed by atoms with E-state index < -0.39 is 0 Å². The maximum absolute atomic E-state index is 12.8. The standard InChI is InChI=1S/C21H23BrClN7OS/c1-2-28-10-12-29(13-11-28)20-17(23)4-3-5-18(20)24-19(31)14-32-21-25-26-27-30(21)16-8-6-15(22)7-9-16/h3-9H,2,10-14H2,1H3,(H,24,31). The highest BCUT2D eigenvalue weighted by Crippen LogP contribution is 2.35. The lowest BCUT2D eigenvalue weighted by molar-refractivity contribution is -0.113. The van der Waals surface area contributed by atoms with E-state index in [0.29, 0.717) is 10.2 Å². The van der Waals surface area contributed by atoms with Gasteiger partial charge in [-0.15, -0.1) is 5.10 Å². The van der Waals surface area contributed by atoms with Crippen molar-refractivity contribution in [2.75, 3.05) is 48.7 Å². The summed E-state index contributed by atoms with van der Waals surface area (Å²) in [6, 6.07) is 13.2. The zero-order valence-electron chi connectivity index (χ0n) is 17.5. The third kappa shape index (κ3) is 5.43. The molecule has 3 aromatic rings. The summed E-state index contributed by atoms with van der Waals surface area (Å²) < 4.78 is 2.58. The second-order valence-corrected chi connectivity index (χ2v) is 9.51. The Morgan fingerprint density at radius 3 is 2.62 bits per heavy atom. The van der Waals surface area contributed by atoms with Crippen molar-refractivity contribution in [3.63, 3.8) is 0 Å². The fourth-order valence-corrected chi connectivity index (χ4v) is 4.80. The van der Waals surface area contributed by atoms with Crippen LogP contribution < -0.4 is 10.2 Å². The summed E-state index contributed by atoms with van der Waals surface area (Å²) in [7, 11) is 0. The molecule has 11 heteroatoms. The van der Waals surface area contributed by atoms with Crippen LogP contribution in [0.5, 0.6) is 0 Å². The maximum Gasteiger partial charge on any atom is 0.234 e. The number of para-hydroxylation sites is 1. The lowest BCUT2D eigenvalue weighted by Crippen LogP contribution is -2.46. The van der Waals surface area contributed by atoms with E-state index in [-0.39, 0.29) is 11.7 Å². The van der Waals surface area contributed by atoms with Crippen LogP contribution in [-0.2, 0) is 4.79 Å². The molecule has 0 bridgehead atoms. The number of hydrogen-bond donors (Lipinski definition) is 1. The molecule has 0 unspecified atom stereocenters.